The SMILES string of the molecule is CCc1ccc(-c2cccc3c2C=C(CC2(C)CCCCCC2)C3)cc1. The second-order valence-corrected chi connectivity index (χ2v) is 8.81. The molecule has 0 spiro atoms. The van der Waals surface area contributed by atoms with E-state index in [0.29, 0.717) is 5.41 Å². The topological polar surface area (TPSA) is 0 Å². The molecule has 0 nitrogen and oxygen atoms in total. The average Bonchev–Trinajstić information content (AvgIpc) is 2.94. The molecule has 2 aliphatic carbocycles. The molecular weight excluding hydrogens is 312 g/mol. The minimum absolute atomic E-state index is 0.521. The molecule has 136 valence electrons. The summed E-state index contributed by atoms with van der Waals surface area (Å²) in [5.41, 5.74) is 9.36. The van der Waals surface area contributed by atoms with Crippen molar-refractivity contribution < 1.29 is 0 Å². The molecule has 2 aromatic rings. The lowest BCUT2D eigenvalue weighted by Gasteiger charge is -2.28. The average molecular weight is 345 g/mol. The number of allylic oxidation sites excluding steroid dienone is 1. The summed E-state index contributed by atoms with van der Waals surface area (Å²) in [6, 6.07) is 16.0. The Hall–Kier alpha value is -1.82. The minimum atomic E-state index is 0.521. The lowest BCUT2D eigenvalue weighted by molar-refractivity contribution is 0.274. The third kappa shape index (κ3) is 3.65. The van der Waals surface area contributed by atoms with E-state index in [9.17, 15) is 0 Å². The predicted molar refractivity (Wildman–Crippen MR) is 113 cm³/mol. The number of aryl methyl sites for hydroxylation is 1. The number of benzene rings is 2. The Morgan fingerprint density at radius 2 is 1.62 bits per heavy atom. The zero-order valence-corrected chi connectivity index (χ0v) is 16.5. The Balaban J connectivity index is 1.60. The molecule has 0 aromatic heterocycles. The van der Waals surface area contributed by atoms with Crippen LogP contribution >= 0.6 is 0 Å². The molecule has 0 heterocycles. The Morgan fingerprint density at radius 1 is 0.885 bits per heavy atom. The fourth-order valence-electron chi connectivity index (χ4n) is 5.03. The smallest absolute Gasteiger partial charge is 0.00574 e. The Morgan fingerprint density at radius 3 is 2.31 bits per heavy atom. The quantitative estimate of drug-likeness (QED) is 0.501. The van der Waals surface area contributed by atoms with Gasteiger partial charge >= 0.3 is 0 Å². The molecule has 2 aliphatic rings. The zero-order valence-electron chi connectivity index (χ0n) is 16.5. The van der Waals surface area contributed by atoms with Crippen LogP contribution in [0, 0.1) is 5.41 Å². The molecule has 0 amide bonds. The Labute approximate surface area is 159 Å². The first kappa shape index (κ1) is 17.6. The van der Waals surface area contributed by atoms with Gasteiger partial charge in [0, 0.05) is 0 Å². The molecule has 0 radical (unpaired) electrons. The molecule has 0 atom stereocenters. The third-order valence-corrected chi connectivity index (χ3v) is 6.60. The second kappa shape index (κ2) is 7.43. The van der Waals surface area contributed by atoms with E-state index in [1.165, 1.54) is 72.8 Å². The highest BCUT2D eigenvalue weighted by Gasteiger charge is 2.28. The van der Waals surface area contributed by atoms with Crippen molar-refractivity contribution in [3.63, 3.8) is 0 Å². The standard InChI is InChI=1S/C26H32/c1-3-20-11-13-22(14-12-20)24-10-8-9-23-17-21(18-25(23)24)19-26(2)15-6-4-5-7-16-26/h8-14,18H,3-7,15-17,19H2,1-2H3. The highest BCUT2D eigenvalue weighted by molar-refractivity contribution is 5.80. The van der Waals surface area contributed by atoms with Crippen molar-refractivity contribution in [2.75, 3.05) is 0 Å². The van der Waals surface area contributed by atoms with E-state index < -0.39 is 0 Å². The van der Waals surface area contributed by atoms with Crippen molar-refractivity contribution in [2.24, 2.45) is 5.41 Å². The van der Waals surface area contributed by atoms with Crippen molar-refractivity contribution in [1.82, 2.24) is 0 Å². The lowest BCUT2D eigenvalue weighted by Crippen LogP contribution is -2.16. The van der Waals surface area contributed by atoms with Crippen molar-refractivity contribution >= 4 is 6.08 Å². The lowest BCUT2D eigenvalue weighted by atomic mass is 9.77. The molecular formula is C26H32. The summed E-state index contributed by atoms with van der Waals surface area (Å²) in [6.07, 6.45) is 14.6. The van der Waals surface area contributed by atoms with Crippen LogP contribution in [0.15, 0.2) is 48.0 Å². The fraction of sp³-hybridized carbons (Fsp3) is 0.462. The molecule has 2 aromatic carbocycles. The molecule has 26 heavy (non-hydrogen) atoms. The van der Waals surface area contributed by atoms with Crippen LogP contribution in [0.1, 0.15) is 75.5 Å². The highest BCUT2D eigenvalue weighted by Crippen LogP contribution is 2.43. The zero-order chi connectivity index (χ0) is 18.0. The second-order valence-electron chi connectivity index (χ2n) is 8.81. The first-order valence-corrected chi connectivity index (χ1v) is 10.6. The number of hydrogen-bond donors (Lipinski definition) is 0. The van der Waals surface area contributed by atoms with E-state index in [1.807, 2.05) is 0 Å². The van der Waals surface area contributed by atoms with Crippen LogP contribution in [0.25, 0.3) is 17.2 Å². The summed E-state index contributed by atoms with van der Waals surface area (Å²) in [7, 11) is 0. The van der Waals surface area contributed by atoms with E-state index in [4.69, 9.17) is 0 Å². The minimum Gasteiger partial charge on any atom is -0.0646 e. The summed E-state index contributed by atoms with van der Waals surface area (Å²) < 4.78 is 0. The van der Waals surface area contributed by atoms with Crippen LogP contribution in [-0.4, -0.2) is 0 Å². The number of hydrogen-bond acceptors (Lipinski definition) is 0. The molecule has 4 rings (SSSR count). The van der Waals surface area contributed by atoms with Crippen LogP contribution in [0.3, 0.4) is 0 Å². The molecule has 0 heteroatoms. The van der Waals surface area contributed by atoms with Gasteiger partial charge in [-0.3, -0.25) is 0 Å². The maximum absolute atomic E-state index is 2.53. The van der Waals surface area contributed by atoms with Gasteiger partial charge in [0.15, 0.2) is 0 Å². The maximum atomic E-state index is 2.53. The van der Waals surface area contributed by atoms with Gasteiger partial charge in [-0.15, -0.1) is 0 Å². The van der Waals surface area contributed by atoms with Crippen LogP contribution < -0.4 is 0 Å². The Bertz CT molecular complexity index is 783. The fourth-order valence-corrected chi connectivity index (χ4v) is 5.03. The van der Waals surface area contributed by atoms with Crippen molar-refractivity contribution in [3.05, 3.63) is 64.7 Å². The van der Waals surface area contributed by atoms with Gasteiger partial charge in [0.2, 0.25) is 0 Å². The van der Waals surface area contributed by atoms with E-state index in [2.05, 4.69) is 62.4 Å². The number of fused-ring (bicyclic) bond motifs is 1. The van der Waals surface area contributed by atoms with Gasteiger partial charge in [-0.25, -0.2) is 0 Å². The third-order valence-electron chi connectivity index (χ3n) is 6.60. The summed E-state index contributed by atoms with van der Waals surface area (Å²) >= 11 is 0. The highest BCUT2D eigenvalue weighted by atomic mass is 14.3. The van der Waals surface area contributed by atoms with Gasteiger partial charge in [0.05, 0.1) is 0 Å². The molecule has 0 aliphatic heterocycles. The largest absolute Gasteiger partial charge is 0.0646 e. The van der Waals surface area contributed by atoms with Crippen molar-refractivity contribution in [1.29, 1.82) is 0 Å². The van der Waals surface area contributed by atoms with Gasteiger partial charge in [0.25, 0.3) is 0 Å². The first-order valence-electron chi connectivity index (χ1n) is 10.6. The molecule has 1 saturated carbocycles. The van der Waals surface area contributed by atoms with E-state index >= 15 is 0 Å². The van der Waals surface area contributed by atoms with Gasteiger partial charge in [0.1, 0.15) is 0 Å². The normalized spacial score (nSPS) is 18.9. The van der Waals surface area contributed by atoms with Crippen LogP contribution in [0.5, 0.6) is 0 Å². The summed E-state index contributed by atoms with van der Waals surface area (Å²) in [5.74, 6) is 0. The monoisotopic (exact) mass is 344 g/mol. The van der Waals surface area contributed by atoms with Gasteiger partial charge in [-0.05, 0) is 65.3 Å². The summed E-state index contributed by atoms with van der Waals surface area (Å²) in [4.78, 5) is 0. The van der Waals surface area contributed by atoms with E-state index in [1.54, 1.807) is 5.57 Å². The molecule has 0 unspecified atom stereocenters. The molecule has 0 saturated heterocycles. The Kier molecular flexibility index (Phi) is 5.02. The molecule has 1 fully saturated rings. The van der Waals surface area contributed by atoms with Gasteiger partial charge in [-0.2, -0.15) is 0 Å². The van der Waals surface area contributed by atoms with Crippen LogP contribution in [0.4, 0.5) is 0 Å². The van der Waals surface area contributed by atoms with E-state index in [-0.39, 0.29) is 0 Å². The predicted octanol–water partition coefficient (Wildman–Crippen LogP) is 7.61. The van der Waals surface area contributed by atoms with Crippen molar-refractivity contribution in [3.8, 4) is 11.1 Å². The van der Waals surface area contributed by atoms with Gasteiger partial charge in [-0.1, -0.05) is 93.6 Å². The van der Waals surface area contributed by atoms with Crippen LogP contribution in [0.2, 0.25) is 0 Å². The number of rotatable bonds is 4. The summed E-state index contributed by atoms with van der Waals surface area (Å²) in [6.45, 7) is 4.75. The summed E-state index contributed by atoms with van der Waals surface area (Å²) in [5, 5.41) is 0. The maximum Gasteiger partial charge on any atom is -0.00574 e. The van der Waals surface area contributed by atoms with Crippen molar-refractivity contribution in [2.45, 2.75) is 71.6 Å². The van der Waals surface area contributed by atoms with Gasteiger partial charge < -0.3 is 0 Å². The molecule has 0 N–H and O–H groups in total. The first-order chi connectivity index (χ1) is 12.7. The van der Waals surface area contributed by atoms with Crippen LogP contribution in [-0.2, 0) is 12.8 Å². The van der Waals surface area contributed by atoms with E-state index in [0.717, 1.165) is 12.8 Å². The molecule has 0 bridgehead atoms.